The molecule has 118 valence electrons. The van der Waals surface area contributed by atoms with E-state index in [1.165, 1.54) is 6.20 Å². The second-order valence-corrected chi connectivity index (χ2v) is 5.18. The summed E-state index contributed by atoms with van der Waals surface area (Å²) in [5.74, 6) is 0.414. The summed E-state index contributed by atoms with van der Waals surface area (Å²) in [6.07, 6.45) is -1.39. The average Bonchev–Trinajstić information content (AvgIpc) is 3.01. The molecule has 3 heterocycles. The minimum Gasteiger partial charge on any atom is -0.442 e. The summed E-state index contributed by atoms with van der Waals surface area (Å²) >= 11 is 0. The van der Waals surface area contributed by atoms with Gasteiger partial charge in [-0.15, -0.1) is 0 Å². The molecule has 0 aromatic carbocycles. The third-order valence-corrected chi connectivity index (χ3v) is 3.61. The van der Waals surface area contributed by atoms with Crippen LogP contribution in [0.5, 0.6) is 0 Å². The maximum absolute atomic E-state index is 13.1. The van der Waals surface area contributed by atoms with Crippen LogP contribution in [0.4, 0.5) is 19.0 Å². The number of alkyl halides is 3. The zero-order valence-corrected chi connectivity index (χ0v) is 11.5. The summed E-state index contributed by atoms with van der Waals surface area (Å²) in [7, 11) is 0. The number of aliphatic hydroxyl groups excluding tert-OH is 1. The zero-order valence-electron chi connectivity index (χ0n) is 11.5. The quantitative estimate of drug-likeness (QED) is 0.923. The number of hydrogen-bond acceptors (Lipinski definition) is 5. The number of aromatic nitrogens is 2. The lowest BCUT2D eigenvalue weighted by atomic mass is 10.1. The number of hydrogen-bond donors (Lipinski definition) is 1. The number of piperidine rings is 1. The number of pyridine rings is 1. The third-order valence-electron chi connectivity index (χ3n) is 3.61. The first kappa shape index (κ1) is 14.8. The molecule has 22 heavy (non-hydrogen) atoms. The van der Waals surface area contributed by atoms with Crippen LogP contribution in [0.15, 0.2) is 29.1 Å². The highest BCUT2D eigenvalue weighted by Gasteiger charge is 2.33. The summed E-state index contributed by atoms with van der Waals surface area (Å²) in [4.78, 5) is 9.69. The fraction of sp³-hybridized carbons (Fsp3) is 0.429. The Morgan fingerprint density at radius 2 is 1.95 bits per heavy atom. The van der Waals surface area contributed by atoms with Gasteiger partial charge in [-0.1, -0.05) is 0 Å². The SMILES string of the molecule is OC1CCN(c2cc(C(F)(F)F)cc(-c3cnco3)n2)CC1. The van der Waals surface area contributed by atoms with Crippen molar-refractivity contribution in [1.82, 2.24) is 9.97 Å². The second kappa shape index (κ2) is 5.60. The van der Waals surface area contributed by atoms with Crippen molar-refractivity contribution in [3.8, 4) is 11.5 Å². The summed E-state index contributed by atoms with van der Waals surface area (Å²) in [5, 5.41) is 9.51. The maximum Gasteiger partial charge on any atom is 0.416 e. The lowest BCUT2D eigenvalue weighted by Gasteiger charge is -2.31. The Labute approximate surface area is 124 Å². The van der Waals surface area contributed by atoms with Crippen molar-refractivity contribution in [2.24, 2.45) is 0 Å². The molecule has 0 spiro atoms. The van der Waals surface area contributed by atoms with E-state index < -0.39 is 17.8 Å². The Bertz CT molecular complexity index is 635. The topological polar surface area (TPSA) is 62.4 Å². The Kier molecular flexibility index (Phi) is 3.78. The number of aliphatic hydroxyl groups is 1. The first-order chi connectivity index (χ1) is 10.4. The maximum atomic E-state index is 13.1. The molecule has 0 radical (unpaired) electrons. The van der Waals surface area contributed by atoms with Crippen LogP contribution in [0.25, 0.3) is 11.5 Å². The Morgan fingerprint density at radius 1 is 1.23 bits per heavy atom. The molecule has 8 heteroatoms. The van der Waals surface area contributed by atoms with E-state index in [4.69, 9.17) is 4.42 Å². The molecule has 2 aromatic rings. The number of anilines is 1. The minimum atomic E-state index is -4.47. The van der Waals surface area contributed by atoms with E-state index in [9.17, 15) is 18.3 Å². The van der Waals surface area contributed by atoms with Crippen LogP contribution in [0.3, 0.4) is 0 Å². The van der Waals surface area contributed by atoms with Crippen molar-refractivity contribution < 1.29 is 22.7 Å². The largest absolute Gasteiger partial charge is 0.442 e. The smallest absolute Gasteiger partial charge is 0.416 e. The van der Waals surface area contributed by atoms with Crippen molar-refractivity contribution in [2.45, 2.75) is 25.1 Å². The number of halogens is 3. The number of rotatable bonds is 2. The minimum absolute atomic E-state index is 0.0912. The molecule has 1 saturated heterocycles. The van der Waals surface area contributed by atoms with Gasteiger partial charge in [-0.3, -0.25) is 0 Å². The van der Waals surface area contributed by atoms with Crippen molar-refractivity contribution in [3.63, 3.8) is 0 Å². The van der Waals surface area contributed by atoms with Crippen LogP contribution < -0.4 is 4.90 Å². The first-order valence-electron chi connectivity index (χ1n) is 6.84. The fourth-order valence-electron chi connectivity index (χ4n) is 2.41. The van der Waals surface area contributed by atoms with Gasteiger partial charge in [-0.05, 0) is 25.0 Å². The molecule has 0 aliphatic carbocycles. The van der Waals surface area contributed by atoms with Crippen LogP contribution in [-0.2, 0) is 6.18 Å². The molecule has 0 bridgehead atoms. The highest BCUT2D eigenvalue weighted by Crippen LogP contribution is 2.34. The molecule has 5 nitrogen and oxygen atoms in total. The van der Waals surface area contributed by atoms with Gasteiger partial charge in [-0.2, -0.15) is 13.2 Å². The number of nitrogens with zero attached hydrogens (tertiary/aromatic N) is 3. The van der Waals surface area contributed by atoms with Gasteiger partial charge < -0.3 is 14.4 Å². The third kappa shape index (κ3) is 3.06. The standard InChI is InChI=1S/C14H14F3N3O2/c15-14(16,17)9-5-11(12-7-18-8-22-12)19-13(6-9)20-3-1-10(21)2-4-20/h5-8,10,21H,1-4H2. The van der Waals surface area contributed by atoms with Gasteiger partial charge in [0.25, 0.3) is 0 Å². The molecule has 2 aromatic heterocycles. The van der Waals surface area contributed by atoms with Crippen LogP contribution in [-0.4, -0.2) is 34.3 Å². The molecule has 1 fully saturated rings. The highest BCUT2D eigenvalue weighted by molar-refractivity contribution is 5.58. The molecular weight excluding hydrogens is 299 g/mol. The van der Waals surface area contributed by atoms with Crippen LogP contribution in [0.1, 0.15) is 18.4 Å². The first-order valence-corrected chi connectivity index (χ1v) is 6.84. The van der Waals surface area contributed by atoms with E-state index in [2.05, 4.69) is 9.97 Å². The molecule has 0 amide bonds. The predicted octanol–water partition coefficient (Wildman–Crippen LogP) is 2.72. The van der Waals surface area contributed by atoms with E-state index in [1.54, 1.807) is 4.90 Å². The van der Waals surface area contributed by atoms with E-state index >= 15 is 0 Å². The molecule has 0 atom stereocenters. The fourth-order valence-corrected chi connectivity index (χ4v) is 2.41. The van der Waals surface area contributed by atoms with Crippen LogP contribution in [0, 0.1) is 0 Å². The van der Waals surface area contributed by atoms with Crippen molar-refractivity contribution in [1.29, 1.82) is 0 Å². The van der Waals surface area contributed by atoms with E-state index in [-0.39, 0.29) is 17.3 Å². The molecule has 1 aliphatic rings. The van der Waals surface area contributed by atoms with E-state index in [0.717, 1.165) is 18.5 Å². The lowest BCUT2D eigenvalue weighted by Crippen LogP contribution is -2.36. The summed E-state index contributed by atoms with van der Waals surface area (Å²) in [6.45, 7) is 0.927. The molecular formula is C14H14F3N3O2. The lowest BCUT2D eigenvalue weighted by molar-refractivity contribution is -0.137. The van der Waals surface area contributed by atoms with Gasteiger partial charge in [0.15, 0.2) is 12.2 Å². The van der Waals surface area contributed by atoms with Crippen LogP contribution >= 0.6 is 0 Å². The highest BCUT2D eigenvalue weighted by atomic mass is 19.4. The van der Waals surface area contributed by atoms with Crippen LogP contribution in [0.2, 0.25) is 0 Å². The Morgan fingerprint density at radius 3 is 2.55 bits per heavy atom. The summed E-state index contributed by atoms with van der Waals surface area (Å²) in [6, 6.07) is 1.97. The van der Waals surface area contributed by atoms with Crippen molar-refractivity contribution in [3.05, 3.63) is 30.3 Å². The Balaban J connectivity index is 2.00. The molecule has 1 N–H and O–H groups in total. The van der Waals surface area contributed by atoms with Gasteiger partial charge in [0, 0.05) is 13.1 Å². The second-order valence-electron chi connectivity index (χ2n) is 5.18. The average molecular weight is 313 g/mol. The van der Waals surface area contributed by atoms with Gasteiger partial charge in [0.1, 0.15) is 11.5 Å². The zero-order chi connectivity index (χ0) is 15.7. The number of oxazole rings is 1. The molecule has 3 rings (SSSR count). The molecule has 1 aliphatic heterocycles. The predicted molar refractivity (Wildman–Crippen MR) is 72.2 cm³/mol. The molecule has 0 unspecified atom stereocenters. The van der Waals surface area contributed by atoms with E-state index in [0.29, 0.717) is 25.9 Å². The molecule has 0 saturated carbocycles. The van der Waals surface area contributed by atoms with Gasteiger partial charge >= 0.3 is 6.18 Å². The monoisotopic (exact) mass is 313 g/mol. The van der Waals surface area contributed by atoms with E-state index in [1.807, 2.05) is 0 Å². The summed E-state index contributed by atoms with van der Waals surface area (Å²) < 4.78 is 44.3. The van der Waals surface area contributed by atoms with Gasteiger partial charge in [0.2, 0.25) is 0 Å². The van der Waals surface area contributed by atoms with Gasteiger partial charge in [0.05, 0.1) is 17.9 Å². The van der Waals surface area contributed by atoms with Crippen molar-refractivity contribution >= 4 is 5.82 Å². The Hall–Kier alpha value is -2.09. The van der Waals surface area contributed by atoms with Crippen molar-refractivity contribution in [2.75, 3.05) is 18.0 Å². The normalized spacial score (nSPS) is 17.0. The summed E-state index contributed by atoms with van der Waals surface area (Å²) in [5.41, 5.74) is -0.691. The van der Waals surface area contributed by atoms with Gasteiger partial charge in [-0.25, -0.2) is 9.97 Å².